The first kappa shape index (κ1) is 11.7. The van der Waals surface area contributed by atoms with Gasteiger partial charge in [0.1, 0.15) is 5.03 Å². The van der Waals surface area contributed by atoms with E-state index < -0.39 is 17.0 Å². The lowest BCUT2D eigenvalue weighted by Crippen LogP contribution is -2.24. The van der Waals surface area contributed by atoms with Crippen molar-refractivity contribution >= 4 is 41.4 Å². The number of urea groups is 1. The van der Waals surface area contributed by atoms with Crippen LogP contribution < -0.4 is 11.2 Å². The maximum Gasteiger partial charge on any atom is 0.348 e. The number of primary amides is 1. The third-order valence-corrected chi connectivity index (χ3v) is 1.50. The first-order valence-corrected chi connectivity index (χ1v) is 3.57. The van der Waals surface area contributed by atoms with Crippen molar-refractivity contribution in [3.05, 3.63) is 10.1 Å². The molecule has 0 bridgehead atoms. The summed E-state index contributed by atoms with van der Waals surface area (Å²) >= 11 is 10.5. The Morgan fingerprint density at radius 1 is 1.46 bits per heavy atom. The standard InChI is InChI=1S/C5H5Cl2N3O3/c6-2(3(7)4(11)12)1-9-10-5(8)13/h1H,(H,11,12)(H3,8,10,13). The first-order valence-electron chi connectivity index (χ1n) is 2.82. The molecule has 0 spiro atoms. The van der Waals surface area contributed by atoms with Gasteiger partial charge in [-0.2, -0.15) is 5.10 Å². The van der Waals surface area contributed by atoms with Crippen molar-refractivity contribution in [1.82, 2.24) is 5.43 Å². The van der Waals surface area contributed by atoms with E-state index in [0.717, 1.165) is 6.21 Å². The summed E-state index contributed by atoms with van der Waals surface area (Å²) in [6.07, 6.45) is 0.850. The van der Waals surface area contributed by atoms with E-state index in [0.29, 0.717) is 0 Å². The number of carbonyl (C=O) groups excluding carboxylic acids is 1. The van der Waals surface area contributed by atoms with Gasteiger partial charge in [0.2, 0.25) is 0 Å². The van der Waals surface area contributed by atoms with E-state index in [1.54, 1.807) is 0 Å². The van der Waals surface area contributed by atoms with Crippen LogP contribution in [0.15, 0.2) is 15.2 Å². The molecule has 0 aromatic carbocycles. The Hall–Kier alpha value is -1.27. The Labute approximate surface area is 83.0 Å². The van der Waals surface area contributed by atoms with E-state index in [4.69, 9.17) is 28.3 Å². The van der Waals surface area contributed by atoms with Gasteiger partial charge >= 0.3 is 12.0 Å². The molecule has 0 aliphatic carbocycles. The summed E-state index contributed by atoms with van der Waals surface area (Å²) in [7, 11) is 0. The highest BCUT2D eigenvalue weighted by Crippen LogP contribution is 2.11. The zero-order chi connectivity index (χ0) is 10.4. The molecule has 0 aliphatic rings. The number of aliphatic carboxylic acids is 1. The van der Waals surface area contributed by atoms with E-state index in [-0.39, 0.29) is 5.03 Å². The van der Waals surface area contributed by atoms with Crippen LogP contribution in [0.5, 0.6) is 0 Å². The van der Waals surface area contributed by atoms with E-state index in [2.05, 4.69) is 10.8 Å². The monoisotopic (exact) mass is 225 g/mol. The Kier molecular flexibility index (Phi) is 4.86. The quantitative estimate of drug-likeness (QED) is 0.368. The van der Waals surface area contributed by atoms with Gasteiger partial charge in [0.25, 0.3) is 0 Å². The van der Waals surface area contributed by atoms with Gasteiger partial charge in [0, 0.05) is 0 Å². The number of amides is 2. The minimum atomic E-state index is -1.39. The van der Waals surface area contributed by atoms with Gasteiger partial charge in [0.15, 0.2) is 0 Å². The number of carbonyl (C=O) groups is 2. The van der Waals surface area contributed by atoms with Crippen molar-refractivity contribution in [2.45, 2.75) is 0 Å². The first-order chi connectivity index (χ1) is 5.95. The molecule has 4 N–H and O–H groups in total. The lowest BCUT2D eigenvalue weighted by molar-refractivity contribution is -0.131. The van der Waals surface area contributed by atoms with Gasteiger partial charge in [0.05, 0.1) is 11.2 Å². The van der Waals surface area contributed by atoms with Gasteiger partial charge in [-0.15, -0.1) is 0 Å². The number of hydrazone groups is 1. The minimum absolute atomic E-state index is 0.317. The summed E-state index contributed by atoms with van der Waals surface area (Å²) in [5.74, 6) is -1.39. The highest BCUT2D eigenvalue weighted by atomic mass is 35.5. The van der Waals surface area contributed by atoms with Crippen LogP contribution in [0.1, 0.15) is 0 Å². The van der Waals surface area contributed by atoms with Crippen molar-refractivity contribution in [3.8, 4) is 0 Å². The molecule has 72 valence electrons. The predicted octanol–water partition coefficient (Wildman–Crippen LogP) is 0.414. The molecule has 0 rings (SSSR count). The summed E-state index contributed by atoms with van der Waals surface area (Å²) in [6.45, 7) is 0. The molecule has 0 radical (unpaired) electrons. The van der Waals surface area contributed by atoms with E-state index >= 15 is 0 Å². The second-order valence-electron chi connectivity index (χ2n) is 1.70. The summed E-state index contributed by atoms with van der Waals surface area (Å²) in [4.78, 5) is 20.3. The fourth-order valence-corrected chi connectivity index (χ4v) is 0.490. The van der Waals surface area contributed by atoms with Crippen molar-refractivity contribution in [3.63, 3.8) is 0 Å². The Bertz CT molecular complexity index is 287. The van der Waals surface area contributed by atoms with Crippen LogP contribution in [-0.4, -0.2) is 23.3 Å². The van der Waals surface area contributed by atoms with Gasteiger partial charge < -0.3 is 10.8 Å². The van der Waals surface area contributed by atoms with Crippen LogP contribution in [0.4, 0.5) is 4.79 Å². The third-order valence-electron chi connectivity index (χ3n) is 0.750. The SMILES string of the molecule is NC(=O)NN=CC(Cl)=C(Cl)C(=O)O. The molecule has 0 unspecified atom stereocenters. The fraction of sp³-hybridized carbons (Fsp3) is 0. The zero-order valence-corrected chi connectivity index (χ0v) is 7.63. The lowest BCUT2D eigenvalue weighted by atomic mass is 10.5. The van der Waals surface area contributed by atoms with Crippen molar-refractivity contribution < 1.29 is 14.7 Å². The number of carboxylic acid groups (broad SMARTS) is 1. The number of nitrogens with two attached hydrogens (primary N) is 1. The molecule has 8 heteroatoms. The molecule has 6 nitrogen and oxygen atoms in total. The highest BCUT2D eigenvalue weighted by molar-refractivity contribution is 6.51. The number of rotatable bonds is 3. The number of allylic oxidation sites excluding steroid dienone is 1. The Morgan fingerprint density at radius 3 is 2.38 bits per heavy atom. The maximum absolute atomic E-state index is 10.2. The molecule has 0 heterocycles. The van der Waals surface area contributed by atoms with E-state index in [1.165, 1.54) is 0 Å². The van der Waals surface area contributed by atoms with Crippen LogP contribution in [0.3, 0.4) is 0 Å². The average Bonchev–Trinajstić information content (AvgIpc) is 2.02. The normalized spacial score (nSPS) is 12.5. The van der Waals surface area contributed by atoms with Crippen LogP contribution in [-0.2, 0) is 4.79 Å². The predicted molar refractivity (Wildman–Crippen MR) is 47.6 cm³/mol. The van der Waals surface area contributed by atoms with Crippen LogP contribution in [0.2, 0.25) is 0 Å². The summed E-state index contributed by atoms with van der Waals surface area (Å²) < 4.78 is 0. The molecule has 0 atom stereocenters. The van der Waals surface area contributed by atoms with Gasteiger partial charge in [-0.25, -0.2) is 15.0 Å². The number of nitrogens with zero attached hydrogens (tertiary/aromatic N) is 1. The van der Waals surface area contributed by atoms with Gasteiger partial charge in [-0.3, -0.25) is 0 Å². The van der Waals surface area contributed by atoms with Crippen molar-refractivity contribution in [2.24, 2.45) is 10.8 Å². The average molecular weight is 226 g/mol. The molecule has 0 saturated heterocycles. The molecular weight excluding hydrogens is 221 g/mol. The van der Waals surface area contributed by atoms with Crippen LogP contribution in [0, 0.1) is 0 Å². The minimum Gasteiger partial charge on any atom is -0.477 e. The van der Waals surface area contributed by atoms with Gasteiger partial charge in [-0.05, 0) is 0 Å². The molecule has 0 saturated carbocycles. The fourth-order valence-electron chi connectivity index (χ4n) is 0.311. The number of nitrogens with one attached hydrogen (secondary N) is 1. The number of halogens is 2. The molecule has 0 aromatic rings. The number of hydrogen-bond acceptors (Lipinski definition) is 3. The lowest BCUT2D eigenvalue weighted by Gasteiger charge is -1.92. The van der Waals surface area contributed by atoms with E-state index in [9.17, 15) is 9.59 Å². The summed E-state index contributed by atoms with van der Waals surface area (Å²) in [5, 5.41) is 10.6. The highest BCUT2D eigenvalue weighted by Gasteiger charge is 2.07. The molecule has 0 aliphatic heterocycles. The number of hydrogen-bond donors (Lipinski definition) is 3. The van der Waals surface area contributed by atoms with E-state index in [1.807, 2.05) is 5.43 Å². The maximum atomic E-state index is 10.2. The Morgan fingerprint density at radius 2 is 2.00 bits per heavy atom. The molecule has 0 fully saturated rings. The molecular formula is C5H5Cl2N3O3. The third kappa shape index (κ3) is 5.05. The van der Waals surface area contributed by atoms with Crippen molar-refractivity contribution in [2.75, 3.05) is 0 Å². The summed E-state index contributed by atoms with van der Waals surface area (Å²) in [6, 6.07) is -0.896. The smallest absolute Gasteiger partial charge is 0.348 e. The largest absolute Gasteiger partial charge is 0.477 e. The topological polar surface area (TPSA) is 105 Å². The van der Waals surface area contributed by atoms with Crippen LogP contribution in [0.25, 0.3) is 0 Å². The second kappa shape index (κ2) is 5.39. The molecule has 2 amide bonds. The van der Waals surface area contributed by atoms with Crippen molar-refractivity contribution in [1.29, 1.82) is 0 Å². The number of carboxylic acids is 1. The molecule has 0 aromatic heterocycles. The summed E-state index contributed by atoms with van der Waals surface area (Å²) in [5.41, 5.74) is 6.45. The second-order valence-corrected chi connectivity index (χ2v) is 2.49. The van der Waals surface area contributed by atoms with Gasteiger partial charge in [-0.1, -0.05) is 23.2 Å². The van der Waals surface area contributed by atoms with Crippen LogP contribution >= 0.6 is 23.2 Å². The molecule has 13 heavy (non-hydrogen) atoms. The zero-order valence-electron chi connectivity index (χ0n) is 6.12. The Balaban J connectivity index is 4.36.